The maximum atomic E-state index is 6.18. The molecule has 0 radical (unpaired) electrons. The standard InChI is InChI=1S/C12H20N2O/c1-14(9-11-3-8-15-10-11)7-6-12(13)4-2-5-12/h3,8,10H,2,4-7,9,13H2,1H3. The monoisotopic (exact) mass is 208 g/mol. The van der Waals surface area contributed by atoms with Crippen LogP contribution in [0.1, 0.15) is 31.2 Å². The topological polar surface area (TPSA) is 42.4 Å². The first-order valence-electron chi connectivity index (χ1n) is 5.66. The lowest BCUT2D eigenvalue weighted by molar-refractivity contribution is 0.193. The molecule has 84 valence electrons. The van der Waals surface area contributed by atoms with Crippen molar-refractivity contribution in [2.45, 2.75) is 37.8 Å². The van der Waals surface area contributed by atoms with Crippen molar-refractivity contribution < 1.29 is 4.42 Å². The molecule has 0 aromatic carbocycles. The van der Waals surface area contributed by atoms with E-state index >= 15 is 0 Å². The fourth-order valence-corrected chi connectivity index (χ4v) is 2.07. The summed E-state index contributed by atoms with van der Waals surface area (Å²) in [6, 6.07) is 2.01. The van der Waals surface area contributed by atoms with Gasteiger partial charge in [0.05, 0.1) is 12.5 Å². The van der Waals surface area contributed by atoms with E-state index in [4.69, 9.17) is 10.2 Å². The average Bonchev–Trinajstić information content (AvgIpc) is 2.64. The van der Waals surface area contributed by atoms with Crippen LogP contribution in [0.25, 0.3) is 0 Å². The number of hydrogen-bond donors (Lipinski definition) is 1. The Balaban J connectivity index is 1.70. The molecule has 1 heterocycles. The molecule has 15 heavy (non-hydrogen) atoms. The van der Waals surface area contributed by atoms with Crippen LogP contribution in [0.5, 0.6) is 0 Å². The van der Waals surface area contributed by atoms with Crippen molar-refractivity contribution in [3.8, 4) is 0 Å². The van der Waals surface area contributed by atoms with E-state index in [0.717, 1.165) is 19.5 Å². The maximum Gasteiger partial charge on any atom is 0.0947 e. The van der Waals surface area contributed by atoms with Gasteiger partial charge in [0.2, 0.25) is 0 Å². The molecule has 0 unspecified atom stereocenters. The van der Waals surface area contributed by atoms with Crippen molar-refractivity contribution in [1.82, 2.24) is 4.90 Å². The second kappa shape index (κ2) is 4.37. The largest absolute Gasteiger partial charge is 0.472 e. The normalized spacial score (nSPS) is 19.1. The van der Waals surface area contributed by atoms with Gasteiger partial charge in [-0.15, -0.1) is 0 Å². The lowest BCUT2D eigenvalue weighted by atomic mass is 9.75. The van der Waals surface area contributed by atoms with Gasteiger partial charge < -0.3 is 15.1 Å². The van der Waals surface area contributed by atoms with Crippen molar-refractivity contribution in [2.75, 3.05) is 13.6 Å². The summed E-state index contributed by atoms with van der Waals surface area (Å²) >= 11 is 0. The van der Waals surface area contributed by atoms with Gasteiger partial charge in [0.25, 0.3) is 0 Å². The molecule has 1 aromatic heterocycles. The second-order valence-electron chi connectivity index (χ2n) is 4.84. The van der Waals surface area contributed by atoms with Crippen LogP contribution in [-0.2, 0) is 6.54 Å². The van der Waals surface area contributed by atoms with Crippen LogP contribution in [0.2, 0.25) is 0 Å². The van der Waals surface area contributed by atoms with Gasteiger partial charge in [0, 0.05) is 17.6 Å². The Hall–Kier alpha value is -0.800. The van der Waals surface area contributed by atoms with E-state index in [1.54, 1.807) is 12.5 Å². The molecule has 3 heteroatoms. The lowest BCUT2D eigenvalue weighted by Gasteiger charge is -2.39. The van der Waals surface area contributed by atoms with Gasteiger partial charge in [-0.2, -0.15) is 0 Å². The SMILES string of the molecule is CN(CCC1(N)CCC1)Cc1ccoc1. The minimum absolute atomic E-state index is 0.144. The van der Waals surface area contributed by atoms with Crippen LogP contribution < -0.4 is 5.73 Å². The lowest BCUT2D eigenvalue weighted by Crippen LogP contribution is -2.48. The second-order valence-corrected chi connectivity index (χ2v) is 4.84. The highest BCUT2D eigenvalue weighted by molar-refractivity contribution is 5.04. The number of nitrogens with two attached hydrogens (primary N) is 1. The quantitative estimate of drug-likeness (QED) is 0.804. The fourth-order valence-electron chi connectivity index (χ4n) is 2.07. The van der Waals surface area contributed by atoms with Crippen molar-refractivity contribution in [3.05, 3.63) is 24.2 Å². The molecule has 1 aromatic rings. The molecule has 0 bridgehead atoms. The van der Waals surface area contributed by atoms with E-state index in [2.05, 4.69) is 11.9 Å². The summed E-state index contributed by atoms with van der Waals surface area (Å²) in [5.74, 6) is 0. The first-order chi connectivity index (χ1) is 7.18. The molecule has 0 spiro atoms. The first kappa shape index (κ1) is 10.7. The van der Waals surface area contributed by atoms with Gasteiger partial charge in [0.1, 0.15) is 0 Å². The summed E-state index contributed by atoms with van der Waals surface area (Å²) in [6.07, 6.45) is 8.35. The summed E-state index contributed by atoms with van der Waals surface area (Å²) in [7, 11) is 2.13. The summed E-state index contributed by atoms with van der Waals surface area (Å²) in [5, 5.41) is 0. The molecule has 0 saturated heterocycles. The molecule has 1 saturated carbocycles. The van der Waals surface area contributed by atoms with Crippen LogP contribution in [-0.4, -0.2) is 24.0 Å². The van der Waals surface area contributed by atoms with Crippen LogP contribution in [0.15, 0.2) is 23.0 Å². The third-order valence-corrected chi connectivity index (χ3v) is 3.37. The highest BCUT2D eigenvalue weighted by Gasteiger charge is 2.31. The van der Waals surface area contributed by atoms with E-state index < -0.39 is 0 Å². The van der Waals surface area contributed by atoms with Crippen molar-refractivity contribution in [1.29, 1.82) is 0 Å². The molecular formula is C12H20N2O. The highest BCUT2D eigenvalue weighted by atomic mass is 16.3. The zero-order valence-electron chi connectivity index (χ0n) is 9.41. The smallest absolute Gasteiger partial charge is 0.0947 e. The van der Waals surface area contributed by atoms with E-state index in [1.165, 1.54) is 24.8 Å². The molecule has 0 aliphatic heterocycles. The molecule has 0 amide bonds. The zero-order chi connectivity index (χ0) is 10.7. The van der Waals surface area contributed by atoms with E-state index in [1.807, 2.05) is 6.07 Å². The van der Waals surface area contributed by atoms with Crippen LogP contribution in [0.4, 0.5) is 0 Å². The summed E-state index contributed by atoms with van der Waals surface area (Å²) in [6.45, 7) is 2.02. The molecular weight excluding hydrogens is 188 g/mol. The van der Waals surface area contributed by atoms with Gasteiger partial charge >= 0.3 is 0 Å². The van der Waals surface area contributed by atoms with Crippen LogP contribution >= 0.6 is 0 Å². The van der Waals surface area contributed by atoms with Gasteiger partial charge in [-0.05, 0) is 45.3 Å². The Bertz CT molecular complexity index is 291. The van der Waals surface area contributed by atoms with E-state index in [-0.39, 0.29) is 5.54 Å². The Kier molecular flexibility index (Phi) is 3.12. The third kappa shape index (κ3) is 2.83. The predicted octanol–water partition coefficient (Wildman–Crippen LogP) is 1.98. The average molecular weight is 208 g/mol. The predicted molar refractivity (Wildman–Crippen MR) is 60.4 cm³/mol. The molecule has 1 aliphatic carbocycles. The zero-order valence-corrected chi connectivity index (χ0v) is 9.41. The summed E-state index contributed by atoms with van der Waals surface area (Å²) in [4.78, 5) is 2.30. The summed E-state index contributed by atoms with van der Waals surface area (Å²) < 4.78 is 5.04. The Morgan fingerprint density at radius 1 is 1.53 bits per heavy atom. The molecule has 2 rings (SSSR count). The van der Waals surface area contributed by atoms with Gasteiger partial charge in [-0.1, -0.05) is 0 Å². The Morgan fingerprint density at radius 2 is 2.33 bits per heavy atom. The molecule has 2 N–H and O–H groups in total. The van der Waals surface area contributed by atoms with Gasteiger partial charge in [-0.3, -0.25) is 0 Å². The Morgan fingerprint density at radius 3 is 2.87 bits per heavy atom. The Labute approximate surface area is 91.2 Å². The van der Waals surface area contributed by atoms with Crippen LogP contribution in [0, 0.1) is 0 Å². The fraction of sp³-hybridized carbons (Fsp3) is 0.667. The van der Waals surface area contributed by atoms with Crippen molar-refractivity contribution in [3.63, 3.8) is 0 Å². The van der Waals surface area contributed by atoms with Crippen LogP contribution in [0.3, 0.4) is 0 Å². The molecule has 1 aliphatic rings. The minimum atomic E-state index is 0.144. The molecule has 1 fully saturated rings. The number of rotatable bonds is 5. The van der Waals surface area contributed by atoms with Crippen molar-refractivity contribution >= 4 is 0 Å². The number of nitrogens with zero attached hydrogens (tertiary/aromatic N) is 1. The first-order valence-corrected chi connectivity index (χ1v) is 5.66. The number of hydrogen-bond acceptors (Lipinski definition) is 3. The molecule has 3 nitrogen and oxygen atoms in total. The molecule has 0 atom stereocenters. The maximum absolute atomic E-state index is 6.18. The highest BCUT2D eigenvalue weighted by Crippen LogP contribution is 2.32. The minimum Gasteiger partial charge on any atom is -0.472 e. The van der Waals surface area contributed by atoms with E-state index in [9.17, 15) is 0 Å². The van der Waals surface area contributed by atoms with E-state index in [0.29, 0.717) is 0 Å². The van der Waals surface area contributed by atoms with Crippen molar-refractivity contribution in [2.24, 2.45) is 5.73 Å². The third-order valence-electron chi connectivity index (χ3n) is 3.37. The number of furan rings is 1. The van der Waals surface area contributed by atoms with Gasteiger partial charge in [0.15, 0.2) is 0 Å². The summed E-state index contributed by atoms with van der Waals surface area (Å²) in [5.41, 5.74) is 7.56. The van der Waals surface area contributed by atoms with Gasteiger partial charge in [-0.25, -0.2) is 0 Å².